The van der Waals surface area contributed by atoms with Crippen LogP contribution in [0.1, 0.15) is 32.1 Å². The molecule has 0 fully saturated rings. The van der Waals surface area contributed by atoms with Crippen molar-refractivity contribution in [3.05, 3.63) is 0 Å². The van der Waals surface area contributed by atoms with E-state index in [1.165, 1.54) is 0 Å². The third kappa shape index (κ3) is 8.77. The second kappa shape index (κ2) is 11.4. The van der Waals surface area contributed by atoms with Crippen LogP contribution in [0.15, 0.2) is 0 Å². The lowest BCUT2D eigenvalue weighted by Gasteiger charge is -2.28. The third-order valence-electron chi connectivity index (χ3n) is 3.76. The van der Waals surface area contributed by atoms with Crippen molar-refractivity contribution in [2.24, 2.45) is 0 Å². The standard InChI is InChI=1S/C16H18O17/c17-6(12(27)33-16(14(30)31,4-9(22)23)5-10(24)25)1-11(26)32-15(13(28)29,2-7(18)19)3-8(20)21/h6,17H,1-5H2,(H,18,19)(H,20,21)(H,22,23)(H,24,25)(H,28,29)(H,30,31). The van der Waals surface area contributed by atoms with Gasteiger partial charge in [-0.25, -0.2) is 14.4 Å². The van der Waals surface area contributed by atoms with Crippen LogP contribution in [0, 0.1) is 0 Å². The summed E-state index contributed by atoms with van der Waals surface area (Å²) in [5.41, 5.74) is -6.34. The van der Waals surface area contributed by atoms with Gasteiger partial charge >= 0.3 is 47.8 Å². The third-order valence-corrected chi connectivity index (χ3v) is 3.76. The van der Waals surface area contributed by atoms with Crippen molar-refractivity contribution in [1.29, 1.82) is 0 Å². The Morgan fingerprint density at radius 3 is 1.15 bits per heavy atom. The second-order valence-corrected chi connectivity index (χ2v) is 6.50. The fourth-order valence-corrected chi connectivity index (χ4v) is 2.40. The molecule has 0 aliphatic heterocycles. The Morgan fingerprint density at radius 2 is 0.879 bits per heavy atom. The van der Waals surface area contributed by atoms with E-state index < -0.39 is 97.2 Å². The van der Waals surface area contributed by atoms with Crippen LogP contribution in [-0.4, -0.2) is 101 Å². The minimum absolute atomic E-state index is 1.52. The van der Waals surface area contributed by atoms with Crippen molar-refractivity contribution in [2.45, 2.75) is 49.4 Å². The van der Waals surface area contributed by atoms with E-state index in [-0.39, 0.29) is 0 Å². The van der Waals surface area contributed by atoms with Gasteiger partial charge in [-0.05, 0) is 0 Å². The molecular formula is C16H18O17. The van der Waals surface area contributed by atoms with Crippen LogP contribution in [0.3, 0.4) is 0 Å². The van der Waals surface area contributed by atoms with Gasteiger partial charge in [0.15, 0.2) is 6.10 Å². The molecule has 184 valence electrons. The zero-order valence-electron chi connectivity index (χ0n) is 16.3. The largest absolute Gasteiger partial charge is 0.481 e. The van der Waals surface area contributed by atoms with E-state index in [0.29, 0.717) is 0 Å². The van der Waals surface area contributed by atoms with Crippen LogP contribution in [0.5, 0.6) is 0 Å². The van der Waals surface area contributed by atoms with Gasteiger partial charge in [0.1, 0.15) is 0 Å². The van der Waals surface area contributed by atoms with Gasteiger partial charge in [0.25, 0.3) is 0 Å². The first-order chi connectivity index (χ1) is 15.0. The average molecular weight is 482 g/mol. The molecule has 0 aromatic carbocycles. The highest BCUT2D eigenvalue weighted by molar-refractivity contribution is 5.93. The number of rotatable bonds is 15. The number of carbonyl (C=O) groups is 8. The van der Waals surface area contributed by atoms with Crippen molar-refractivity contribution in [2.75, 3.05) is 0 Å². The van der Waals surface area contributed by atoms with Gasteiger partial charge in [0.2, 0.25) is 11.2 Å². The number of carbonyl (C=O) groups excluding carboxylic acids is 2. The summed E-state index contributed by atoms with van der Waals surface area (Å²) in [6.45, 7) is 0. The number of aliphatic carboxylic acids is 6. The van der Waals surface area contributed by atoms with E-state index in [1.807, 2.05) is 0 Å². The number of carboxylic acid groups (broad SMARTS) is 6. The Kier molecular flexibility index (Phi) is 9.90. The molecule has 0 saturated carbocycles. The summed E-state index contributed by atoms with van der Waals surface area (Å²) in [5.74, 6) is -15.9. The summed E-state index contributed by atoms with van der Waals surface area (Å²) < 4.78 is 8.70. The number of aliphatic hydroxyl groups excluding tert-OH is 1. The number of esters is 2. The first-order valence-electron chi connectivity index (χ1n) is 8.43. The van der Waals surface area contributed by atoms with Gasteiger partial charge < -0.3 is 45.2 Å². The van der Waals surface area contributed by atoms with Crippen molar-refractivity contribution in [3.8, 4) is 0 Å². The fraction of sp³-hybridized carbons (Fsp3) is 0.500. The monoisotopic (exact) mass is 482 g/mol. The number of hydrogen-bond donors (Lipinski definition) is 7. The first kappa shape index (κ1) is 28.7. The molecule has 0 aliphatic rings. The fourth-order valence-electron chi connectivity index (χ4n) is 2.40. The molecule has 0 spiro atoms. The van der Waals surface area contributed by atoms with E-state index in [4.69, 9.17) is 30.6 Å². The van der Waals surface area contributed by atoms with Gasteiger partial charge in [-0.1, -0.05) is 0 Å². The van der Waals surface area contributed by atoms with E-state index in [2.05, 4.69) is 9.47 Å². The summed E-state index contributed by atoms with van der Waals surface area (Å²) in [7, 11) is 0. The maximum atomic E-state index is 12.0. The van der Waals surface area contributed by atoms with Crippen LogP contribution in [0.2, 0.25) is 0 Å². The lowest BCUT2D eigenvalue weighted by atomic mass is 9.95. The second-order valence-electron chi connectivity index (χ2n) is 6.50. The smallest absolute Gasteiger partial charge is 0.349 e. The molecule has 0 radical (unpaired) electrons. The summed E-state index contributed by atoms with van der Waals surface area (Å²) >= 11 is 0. The van der Waals surface area contributed by atoms with Crippen LogP contribution < -0.4 is 0 Å². The Morgan fingerprint density at radius 1 is 0.576 bits per heavy atom. The number of hydrogen-bond acceptors (Lipinski definition) is 11. The Hall–Kier alpha value is -4.28. The zero-order chi connectivity index (χ0) is 26.1. The maximum absolute atomic E-state index is 12.0. The molecule has 0 rings (SSSR count). The molecule has 0 amide bonds. The molecule has 0 aliphatic carbocycles. The number of aliphatic hydroxyl groups is 1. The van der Waals surface area contributed by atoms with Crippen molar-refractivity contribution in [3.63, 3.8) is 0 Å². The molecule has 0 aromatic heterocycles. The molecule has 0 saturated heterocycles. The quantitative estimate of drug-likeness (QED) is 0.117. The van der Waals surface area contributed by atoms with Gasteiger partial charge in [0, 0.05) is 0 Å². The van der Waals surface area contributed by atoms with Gasteiger partial charge in [-0.3, -0.25) is 24.0 Å². The average Bonchev–Trinajstić information content (AvgIpc) is 2.58. The predicted molar refractivity (Wildman–Crippen MR) is 92.6 cm³/mol. The number of carboxylic acids is 6. The predicted octanol–water partition coefficient (Wildman–Crippen LogP) is -2.63. The summed E-state index contributed by atoms with van der Waals surface area (Å²) in [6.07, 6.45) is -10.4. The van der Waals surface area contributed by atoms with Gasteiger partial charge in [0.05, 0.1) is 32.1 Å². The topological polar surface area (TPSA) is 297 Å². The molecule has 0 bridgehead atoms. The Bertz CT molecular complexity index is 823. The molecule has 17 heteroatoms. The van der Waals surface area contributed by atoms with E-state index in [0.717, 1.165) is 0 Å². The Labute approximate surface area is 181 Å². The van der Waals surface area contributed by atoms with E-state index in [1.54, 1.807) is 0 Å². The summed E-state index contributed by atoms with van der Waals surface area (Å²) in [4.78, 5) is 90.3. The van der Waals surface area contributed by atoms with Gasteiger partial charge in [-0.2, -0.15) is 0 Å². The minimum Gasteiger partial charge on any atom is -0.481 e. The minimum atomic E-state index is -3.20. The number of ether oxygens (including phenoxy) is 2. The van der Waals surface area contributed by atoms with Crippen LogP contribution in [0.25, 0.3) is 0 Å². The van der Waals surface area contributed by atoms with Crippen LogP contribution in [0.4, 0.5) is 0 Å². The lowest BCUT2D eigenvalue weighted by Crippen LogP contribution is -2.49. The van der Waals surface area contributed by atoms with Crippen molar-refractivity contribution >= 4 is 47.8 Å². The molecule has 17 nitrogen and oxygen atoms in total. The normalized spacial score (nSPS) is 12.2. The van der Waals surface area contributed by atoms with E-state index >= 15 is 0 Å². The van der Waals surface area contributed by atoms with E-state index in [9.17, 15) is 43.5 Å². The van der Waals surface area contributed by atoms with Crippen molar-refractivity contribution in [1.82, 2.24) is 0 Å². The van der Waals surface area contributed by atoms with Crippen LogP contribution >= 0.6 is 0 Å². The maximum Gasteiger partial charge on any atom is 0.349 e. The zero-order valence-corrected chi connectivity index (χ0v) is 16.3. The molecule has 0 aromatic rings. The SMILES string of the molecule is O=C(O)CC(CC(=O)O)(OC(=O)CC(O)C(=O)OC(CC(=O)O)(CC(=O)O)C(=O)O)C(=O)O. The molecule has 0 heterocycles. The molecule has 1 unspecified atom stereocenters. The molecule has 7 N–H and O–H groups in total. The lowest BCUT2D eigenvalue weighted by molar-refractivity contribution is -0.195. The summed E-state index contributed by atoms with van der Waals surface area (Å²) in [6, 6.07) is 0. The van der Waals surface area contributed by atoms with Crippen molar-refractivity contribution < 1.29 is 83.6 Å². The highest BCUT2D eigenvalue weighted by Crippen LogP contribution is 2.25. The first-order valence-corrected chi connectivity index (χ1v) is 8.43. The Balaban J connectivity index is 5.69. The molecular weight excluding hydrogens is 464 g/mol. The van der Waals surface area contributed by atoms with Crippen LogP contribution in [-0.2, 0) is 47.8 Å². The molecule has 1 atom stereocenters. The highest BCUT2D eigenvalue weighted by atomic mass is 16.6. The molecule has 33 heavy (non-hydrogen) atoms. The highest BCUT2D eigenvalue weighted by Gasteiger charge is 2.50. The van der Waals surface area contributed by atoms with Gasteiger partial charge in [-0.15, -0.1) is 0 Å². The summed E-state index contributed by atoms with van der Waals surface area (Å²) in [5, 5.41) is 63.3.